The number of aliphatic hydroxyl groups is 2. The third-order valence-electron chi connectivity index (χ3n) is 6.21. The van der Waals surface area contributed by atoms with Crippen molar-refractivity contribution in [1.29, 1.82) is 0 Å². The molecule has 0 spiro atoms. The molecule has 4 rings (SSSR count). The Morgan fingerprint density at radius 3 is 2.54 bits per heavy atom. The highest BCUT2D eigenvalue weighted by Crippen LogP contribution is 2.28. The first kappa shape index (κ1) is 26.3. The lowest BCUT2D eigenvalue weighted by molar-refractivity contribution is -0.179. The number of aliphatic hydroxyl groups excluding tert-OH is 1. The number of benzene rings is 3. The van der Waals surface area contributed by atoms with Crippen LogP contribution in [0.25, 0.3) is 23.1 Å². The topological polar surface area (TPSA) is 62.6 Å². The first-order chi connectivity index (χ1) is 16.4. The summed E-state index contributed by atoms with van der Waals surface area (Å²) >= 11 is 0. The molecule has 1 heterocycles. The highest BCUT2D eigenvalue weighted by atomic mass is 16.6. The van der Waals surface area contributed by atoms with Crippen LogP contribution in [-0.4, -0.2) is 22.3 Å². The van der Waals surface area contributed by atoms with Gasteiger partial charge in [0.2, 0.25) is 0 Å². The summed E-state index contributed by atoms with van der Waals surface area (Å²) in [5, 5.41) is 22.5. The molecule has 4 heteroatoms. The van der Waals surface area contributed by atoms with Crippen LogP contribution < -0.4 is 0 Å². The van der Waals surface area contributed by atoms with Gasteiger partial charge in [0.1, 0.15) is 0 Å². The Balaban J connectivity index is 0.00000342. The van der Waals surface area contributed by atoms with Crippen molar-refractivity contribution in [3.63, 3.8) is 0 Å². The van der Waals surface area contributed by atoms with Crippen LogP contribution in [0, 0.1) is 6.92 Å². The molecule has 2 N–H and O–H groups in total. The van der Waals surface area contributed by atoms with Crippen molar-refractivity contribution in [3.05, 3.63) is 112 Å². The predicted octanol–water partition coefficient (Wildman–Crippen LogP) is 6.83. The Bertz CT molecular complexity index is 1310. The van der Waals surface area contributed by atoms with E-state index in [2.05, 4.69) is 31.2 Å². The third-order valence-corrected chi connectivity index (χ3v) is 6.21. The van der Waals surface area contributed by atoms with Gasteiger partial charge in [-0.1, -0.05) is 74.2 Å². The van der Waals surface area contributed by atoms with Gasteiger partial charge in [0.25, 0.3) is 0 Å². The van der Waals surface area contributed by atoms with Gasteiger partial charge in [0.15, 0.2) is 5.79 Å². The summed E-state index contributed by atoms with van der Waals surface area (Å²) in [5.41, 5.74) is 6.62. The molecule has 0 fully saturated rings. The van der Waals surface area contributed by atoms with Gasteiger partial charge in [-0.25, -0.2) is 4.98 Å². The molecule has 0 saturated heterocycles. The Morgan fingerprint density at radius 1 is 0.971 bits per heavy atom. The smallest absolute Gasteiger partial charge is 0.189 e. The maximum Gasteiger partial charge on any atom is 0.189 e. The number of nitrogens with zero attached hydrogens (tertiary/aromatic N) is 1. The standard InChI is InChI=1S/C30H31NO3.CH4/c1-21-11-13-24-14-17-26(31-28(24)19-21)16-12-22-7-6-9-25(20-22)29(32)18-15-23-8-4-5-10-27(23)30(2,33)34-3;/h4-14,16-17,19-20,29,32-33H,15,18H2,1-3H3;1H4/b16-12+;. The van der Waals surface area contributed by atoms with E-state index in [1.54, 1.807) is 6.92 Å². The van der Waals surface area contributed by atoms with E-state index in [0.717, 1.165) is 38.9 Å². The zero-order valence-corrected chi connectivity index (χ0v) is 19.9. The average molecular weight is 470 g/mol. The van der Waals surface area contributed by atoms with Gasteiger partial charge in [-0.15, -0.1) is 0 Å². The highest BCUT2D eigenvalue weighted by Gasteiger charge is 2.25. The molecule has 182 valence electrons. The molecule has 3 aromatic carbocycles. The van der Waals surface area contributed by atoms with Gasteiger partial charge >= 0.3 is 0 Å². The first-order valence-corrected chi connectivity index (χ1v) is 11.5. The van der Waals surface area contributed by atoms with E-state index in [1.807, 2.05) is 66.7 Å². The summed E-state index contributed by atoms with van der Waals surface area (Å²) < 4.78 is 5.24. The fourth-order valence-corrected chi connectivity index (χ4v) is 4.15. The summed E-state index contributed by atoms with van der Waals surface area (Å²) in [7, 11) is 1.49. The SMILES string of the molecule is C.COC(C)(O)c1ccccc1CCC(O)c1cccc(/C=C/c2ccc3ccc(C)cc3n2)c1. The lowest BCUT2D eigenvalue weighted by atomic mass is 9.94. The molecule has 2 unspecified atom stereocenters. The van der Waals surface area contributed by atoms with Crippen LogP contribution in [0.2, 0.25) is 0 Å². The Morgan fingerprint density at radius 2 is 1.74 bits per heavy atom. The van der Waals surface area contributed by atoms with Crippen molar-refractivity contribution < 1.29 is 14.9 Å². The number of ether oxygens (including phenoxy) is 1. The quantitative estimate of drug-likeness (QED) is 0.278. The fraction of sp³-hybridized carbons (Fsp3) is 0.258. The van der Waals surface area contributed by atoms with Gasteiger partial charge in [-0.05, 0) is 73.2 Å². The third kappa shape index (κ3) is 6.43. The van der Waals surface area contributed by atoms with E-state index in [9.17, 15) is 10.2 Å². The van der Waals surface area contributed by atoms with Crippen LogP contribution in [0.5, 0.6) is 0 Å². The van der Waals surface area contributed by atoms with Gasteiger partial charge < -0.3 is 14.9 Å². The van der Waals surface area contributed by atoms with Crippen LogP contribution in [0.3, 0.4) is 0 Å². The monoisotopic (exact) mass is 469 g/mol. The number of hydrogen-bond donors (Lipinski definition) is 2. The van der Waals surface area contributed by atoms with Gasteiger partial charge in [-0.2, -0.15) is 0 Å². The summed E-state index contributed by atoms with van der Waals surface area (Å²) in [4.78, 5) is 4.74. The minimum Gasteiger partial charge on any atom is -0.388 e. The summed E-state index contributed by atoms with van der Waals surface area (Å²) in [6.07, 6.45) is 4.56. The van der Waals surface area contributed by atoms with E-state index < -0.39 is 11.9 Å². The number of aryl methyl sites for hydroxylation is 2. The van der Waals surface area contributed by atoms with E-state index in [0.29, 0.717) is 12.8 Å². The molecule has 2 atom stereocenters. The number of aromatic nitrogens is 1. The van der Waals surface area contributed by atoms with Crippen molar-refractivity contribution in [2.75, 3.05) is 7.11 Å². The maximum atomic E-state index is 10.9. The number of fused-ring (bicyclic) bond motifs is 1. The molecule has 0 bridgehead atoms. The molecule has 0 amide bonds. The van der Waals surface area contributed by atoms with Crippen LogP contribution in [0.4, 0.5) is 0 Å². The second-order valence-electron chi connectivity index (χ2n) is 8.83. The van der Waals surface area contributed by atoms with E-state index in [4.69, 9.17) is 9.72 Å². The lowest BCUT2D eigenvalue weighted by Crippen LogP contribution is -2.25. The molecule has 0 radical (unpaired) electrons. The van der Waals surface area contributed by atoms with E-state index >= 15 is 0 Å². The lowest BCUT2D eigenvalue weighted by Gasteiger charge is -2.25. The van der Waals surface area contributed by atoms with E-state index in [-0.39, 0.29) is 7.43 Å². The maximum absolute atomic E-state index is 10.9. The minimum atomic E-state index is -1.36. The second-order valence-corrected chi connectivity index (χ2v) is 8.83. The molecule has 0 saturated carbocycles. The fourth-order valence-electron chi connectivity index (χ4n) is 4.15. The summed E-state index contributed by atoms with van der Waals surface area (Å²) in [6.45, 7) is 3.70. The van der Waals surface area contributed by atoms with Gasteiger partial charge in [0.05, 0.1) is 17.3 Å². The molecular weight excluding hydrogens is 434 g/mol. The second kappa shape index (κ2) is 11.4. The minimum absolute atomic E-state index is 0. The number of methoxy groups -OCH3 is 1. The van der Waals surface area contributed by atoms with E-state index in [1.165, 1.54) is 12.7 Å². The highest BCUT2D eigenvalue weighted by molar-refractivity contribution is 5.81. The van der Waals surface area contributed by atoms with Crippen LogP contribution in [0.15, 0.2) is 78.9 Å². The number of hydrogen-bond acceptors (Lipinski definition) is 4. The average Bonchev–Trinajstić information content (AvgIpc) is 2.86. The van der Waals surface area contributed by atoms with Crippen LogP contribution in [0.1, 0.15) is 60.4 Å². The Kier molecular flexibility index (Phi) is 8.57. The van der Waals surface area contributed by atoms with Crippen molar-refractivity contribution >= 4 is 23.1 Å². The molecule has 0 aliphatic carbocycles. The first-order valence-electron chi connectivity index (χ1n) is 11.5. The Labute approximate surface area is 208 Å². The van der Waals surface area contributed by atoms with Crippen molar-refractivity contribution in [3.8, 4) is 0 Å². The Hall–Kier alpha value is -3.31. The van der Waals surface area contributed by atoms with Crippen molar-refractivity contribution in [2.24, 2.45) is 0 Å². The molecule has 1 aromatic heterocycles. The summed E-state index contributed by atoms with van der Waals surface area (Å²) in [5.74, 6) is -1.36. The molecule has 0 aliphatic heterocycles. The van der Waals surface area contributed by atoms with Crippen molar-refractivity contribution in [1.82, 2.24) is 4.98 Å². The van der Waals surface area contributed by atoms with Gasteiger partial charge in [0, 0.05) is 18.1 Å². The normalized spacial score (nSPS) is 14.0. The van der Waals surface area contributed by atoms with Gasteiger partial charge in [-0.3, -0.25) is 0 Å². The number of rotatable bonds is 8. The zero-order valence-electron chi connectivity index (χ0n) is 19.9. The largest absolute Gasteiger partial charge is 0.388 e. The molecular formula is C31H35NO3. The van der Waals surface area contributed by atoms with Crippen LogP contribution >= 0.6 is 0 Å². The molecule has 0 aliphatic rings. The molecule has 35 heavy (non-hydrogen) atoms. The molecule has 4 nitrogen and oxygen atoms in total. The van der Waals surface area contributed by atoms with Crippen LogP contribution in [-0.2, 0) is 16.9 Å². The predicted molar refractivity (Wildman–Crippen MR) is 145 cm³/mol. The zero-order chi connectivity index (χ0) is 24.1. The molecule has 4 aromatic rings. The number of pyridine rings is 1. The van der Waals surface area contributed by atoms with Crippen molar-refractivity contribution in [2.45, 2.75) is 46.0 Å². The summed E-state index contributed by atoms with van der Waals surface area (Å²) in [6, 6.07) is 25.9.